The first kappa shape index (κ1) is 13.6. The summed E-state index contributed by atoms with van der Waals surface area (Å²) in [7, 11) is 3.30. The van der Waals surface area contributed by atoms with Crippen molar-refractivity contribution < 1.29 is 9.47 Å². The monoisotopic (exact) mass is 281 g/mol. The Balaban J connectivity index is 1.99. The van der Waals surface area contributed by atoms with E-state index in [0.29, 0.717) is 0 Å². The van der Waals surface area contributed by atoms with Gasteiger partial charge in [0.1, 0.15) is 0 Å². The SMILES string of the molecule is COc1ccc(C=C2NCCc3ccccc32)cc1OC. The maximum absolute atomic E-state index is 5.36. The number of ether oxygens (including phenoxy) is 2. The van der Waals surface area contributed by atoms with Crippen molar-refractivity contribution in [2.75, 3.05) is 20.8 Å². The lowest BCUT2D eigenvalue weighted by molar-refractivity contribution is 0.355. The minimum atomic E-state index is 0.746. The van der Waals surface area contributed by atoms with Gasteiger partial charge < -0.3 is 14.8 Å². The molecule has 1 heterocycles. The molecule has 0 bridgehead atoms. The molecule has 0 saturated carbocycles. The Kier molecular flexibility index (Phi) is 3.82. The maximum Gasteiger partial charge on any atom is 0.161 e. The zero-order chi connectivity index (χ0) is 14.7. The minimum Gasteiger partial charge on any atom is -0.493 e. The summed E-state index contributed by atoms with van der Waals surface area (Å²) in [5.41, 5.74) is 4.91. The summed E-state index contributed by atoms with van der Waals surface area (Å²) < 4.78 is 10.6. The molecular formula is C18H19NO2. The lowest BCUT2D eigenvalue weighted by Crippen LogP contribution is -2.22. The average Bonchev–Trinajstić information content (AvgIpc) is 2.55. The zero-order valence-corrected chi connectivity index (χ0v) is 12.3. The van der Waals surface area contributed by atoms with Crippen LogP contribution < -0.4 is 14.8 Å². The normalized spacial score (nSPS) is 15.2. The molecule has 0 fully saturated rings. The van der Waals surface area contributed by atoms with E-state index in [1.165, 1.54) is 11.1 Å². The highest BCUT2D eigenvalue weighted by Gasteiger charge is 2.12. The molecule has 3 nitrogen and oxygen atoms in total. The van der Waals surface area contributed by atoms with E-state index in [1.54, 1.807) is 14.2 Å². The fourth-order valence-corrected chi connectivity index (χ4v) is 2.67. The zero-order valence-electron chi connectivity index (χ0n) is 12.3. The number of benzene rings is 2. The molecule has 1 N–H and O–H groups in total. The molecular weight excluding hydrogens is 262 g/mol. The molecule has 21 heavy (non-hydrogen) atoms. The van der Waals surface area contributed by atoms with Crippen molar-refractivity contribution in [3.8, 4) is 11.5 Å². The van der Waals surface area contributed by atoms with Gasteiger partial charge in [-0.1, -0.05) is 30.3 Å². The molecule has 0 radical (unpaired) electrons. The van der Waals surface area contributed by atoms with E-state index < -0.39 is 0 Å². The lowest BCUT2D eigenvalue weighted by atomic mass is 9.97. The van der Waals surface area contributed by atoms with Crippen LogP contribution in [-0.2, 0) is 6.42 Å². The minimum absolute atomic E-state index is 0.746. The number of rotatable bonds is 3. The fourth-order valence-electron chi connectivity index (χ4n) is 2.67. The van der Waals surface area contributed by atoms with Crippen LogP contribution in [0.4, 0.5) is 0 Å². The highest BCUT2D eigenvalue weighted by Crippen LogP contribution is 2.30. The molecule has 0 atom stereocenters. The molecule has 0 aliphatic carbocycles. The number of hydrogen-bond acceptors (Lipinski definition) is 3. The van der Waals surface area contributed by atoms with E-state index in [9.17, 15) is 0 Å². The first-order chi connectivity index (χ1) is 10.3. The Labute approximate surface area is 125 Å². The van der Waals surface area contributed by atoms with Crippen LogP contribution in [0.5, 0.6) is 11.5 Å². The second-order valence-electron chi connectivity index (χ2n) is 5.01. The quantitative estimate of drug-likeness (QED) is 0.936. The largest absolute Gasteiger partial charge is 0.493 e. The Morgan fingerprint density at radius 1 is 1.00 bits per heavy atom. The highest BCUT2D eigenvalue weighted by atomic mass is 16.5. The summed E-state index contributed by atoms with van der Waals surface area (Å²) >= 11 is 0. The Morgan fingerprint density at radius 3 is 2.62 bits per heavy atom. The molecule has 0 saturated heterocycles. The van der Waals surface area contributed by atoms with E-state index in [0.717, 1.165) is 35.7 Å². The van der Waals surface area contributed by atoms with Crippen LogP contribution in [0.1, 0.15) is 16.7 Å². The summed E-state index contributed by atoms with van der Waals surface area (Å²) in [6.07, 6.45) is 3.22. The van der Waals surface area contributed by atoms with Gasteiger partial charge in [0.05, 0.1) is 14.2 Å². The second kappa shape index (κ2) is 5.92. The maximum atomic E-state index is 5.36. The van der Waals surface area contributed by atoms with Crippen molar-refractivity contribution in [1.29, 1.82) is 0 Å². The van der Waals surface area contributed by atoms with E-state index in [1.807, 2.05) is 18.2 Å². The Bertz CT molecular complexity index is 677. The molecule has 0 aromatic heterocycles. The lowest BCUT2D eigenvalue weighted by Gasteiger charge is -2.21. The van der Waals surface area contributed by atoms with Crippen molar-refractivity contribution in [2.45, 2.75) is 6.42 Å². The van der Waals surface area contributed by atoms with Crippen molar-refractivity contribution in [2.24, 2.45) is 0 Å². The number of methoxy groups -OCH3 is 2. The number of hydrogen-bond donors (Lipinski definition) is 1. The van der Waals surface area contributed by atoms with Crippen LogP contribution in [0.15, 0.2) is 42.5 Å². The number of nitrogens with one attached hydrogen (secondary N) is 1. The van der Waals surface area contributed by atoms with Gasteiger partial charge in [0, 0.05) is 17.8 Å². The first-order valence-electron chi connectivity index (χ1n) is 7.07. The van der Waals surface area contributed by atoms with Crippen LogP contribution in [0.2, 0.25) is 0 Å². The van der Waals surface area contributed by atoms with Gasteiger partial charge in [-0.2, -0.15) is 0 Å². The van der Waals surface area contributed by atoms with Crippen LogP contribution in [0.3, 0.4) is 0 Å². The van der Waals surface area contributed by atoms with Crippen LogP contribution in [0.25, 0.3) is 11.8 Å². The van der Waals surface area contributed by atoms with E-state index in [4.69, 9.17) is 9.47 Å². The van der Waals surface area contributed by atoms with E-state index in [2.05, 4.69) is 35.7 Å². The standard InChI is InChI=1S/C18H19NO2/c1-20-17-8-7-13(12-18(17)21-2)11-16-15-6-4-3-5-14(15)9-10-19-16/h3-8,11-12,19H,9-10H2,1-2H3. The molecule has 0 spiro atoms. The van der Waals surface area contributed by atoms with E-state index >= 15 is 0 Å². The summed E-state index contributed by atoms with van der Waals surface area (Å²) in [5, 5.41) is 3.48. The smallest absolute Gasteiger partial charge is 0.161 e. The third-order valence-corrected chi connectivity index (χ3v) is 3.74. The van der Waals surface area contributed by atoms with Crippen molar-refractivity contribution >= 4 is 11.8 Å². The molecule has 2 aromatic rings. The molecule has 3 rings (SSSR count). The van der Waals surface area contributed by atoms with E-state index in [-0.39, 0.29) is 0 Å². The van der Waals surface area contributed by atoms with Gasteiger partial charge in [-0.05, 0) is 35.8 Å². The van der Waals surface area contributed by atoms with Crippen LogP contribution in [0, 0.1) is 0 Å². The second-order valence-corrected chi connectivity index (χ2v) is 5.01. The van der Waals surface area contributed by atoms with Crippen molar-refractivity contribution in [3.05, 3.63) is 59.2 Å². The molecule has 1 aliphatic rings. The van der Waals surface area contributed by atoms with Crippen molar-refractivity contribution in [3.63, 3.8) is 0 Å². The van der Waals surface area contributed by atoms with Crippen molar-refractivity contribution in [1.82, 2.24) is 5.32 Å². The van der Waals surface area contributed by atoms with Gasteiger partial charge in [-0.3, -0.25) is 0 Å². The molecule has 3 heteroatoms. The summed E-state index contributed by atoms with van der Waals surface area (Å²) in [5.74, 6) is 1.49. The Hall–Kier alpha value is -2.42. The molecule has 0 amide bonds. The fraction of sp³-hybridized carbons (Fsp3) is 0.222. The third kappa shape index (κ3) is 2.72. The molecule has 1 aliphatic heterocycles. The highest BCUT2D eigenvalue weighted by molar-refractivity contribution is 5.83. The van der Waals surface area contributed by atoms with Crippen LogP contribution in [-0.4, -0.2) is 20.8 Å². The molecule has 2 aromatic carbocycles. The Morgan fingerprint density at radius 2 is 1.81 bits per heavy atom. The summed E-state index contributed by atoms with van der Waals surface area (Å²) in [6.45, 7) is 0.968. The first-order valence-corrected chi connectivity index (χ1v) is 7.07. The molecule has 0 unspecified atom stereocenters. The van der Waals surface area contributed by atoms with Gasteiger partial charge in [0.2, 0.25) is 0 Å². The summed E-state index contributed by atoms with van der Waals surface area (Å²) in [6, 6.07) is 14.5. The summed E-state index contributed by atoms with van der Waals surface area (Å²) in [4.78, 5) is 0. The predicted octanol–water partition coefficient (Wildman–Crippen LogP) is 3.35. The van der Waals surface area contributed by atoms with Gasteiger partial charge in [0.25, 0.3) is 0 Å². The predicted molar refractivity (Wildman–Crippen MR) is 85.6 cm³/mol. The topological polar surface area (TPSA) is 30.5 Å². The van der Waals surface area contributed by atoms with Crippen LogP contribution >= 0.6 is 0 Å². The third-order valence-electron chi connectivity index (χ3n) is 3.74. The average molecular weight is 281 g/mol. The number of fused-ring (bicyclic) bond motifs is 1. The van der Waals surface area contributed by atoms with Gasteiger partial charge in [-0.25, -0.2) is 0 Å². The van der Waals surface area contributed by atoms with Gasteiger partial charge in [0.15, 0.2) is 11.5 Å². The van der Waals surface area contributed by atoms with Gasteiger partial charge in [-0.15, -0.1) is 0 Å². The molecule has 108 valence electrons. The van der Waals surface area contributed by atoms with Gasteiger partial charge >= 0.3 is 0 Å².